The summed E-state index contributed by atoms with van der Waals surface area (Å²) in [6.07, 6.45) is -18.9. The van der Waals surface area contributed by atoms with Gasteiger partial charge < -0.3 is 70.0 Å². The van der Waals surface area contributed by atoms with Crippen molar-refractivity contribution >= 4 is 11.9 Å². The fourth-order valence-electron chi connectivity index (χ4n) is 3.47. The van der Waals surface area contributed by atoms with Gasteiger partial charge in [-0.2, -0.15) is 0 Å². The monoisotopic (exact) mass is 508 g/mol. The molecule has 2 fully saturated rings. The third-order valence-electron chi connectivity index (χ3n) is 5.43. The van der Waals surface area contributed by atoms with E-state index < -0.39 is 103 Å². The van der Waals surface area contributed by atoms with Gasteiger partial charge in [0.25, 0.3) is 0 Å². The Balaban J connectivity index is 1.83. The molecule has 10 unspecified atom stereocenters. The molecule has 1 aromatic rings. The van der Waals surface area contributed by atoms with Gasteiger partial charge in [0, 0.05) is 0 Å². The molecular weight excluding hydrogens is 484 g/mol. The van der Waals surface area contributed by atoms with Crippen molar-refractivity contribution in [1.82, 2.24) is 0 Å². The molecule has 3 rings (SSSR count). The lowest BCUT2D eigenvalue weighted by molar-refractivity contribution is -0.285. The summed E-state index contributed by atoms with van der Waals surface area (Å²) in [5, 5.41) is 97.8. The predicted molar refractivity (Wildman–Crippen MR) is 104 cm³/mol. The van der Waals surface area contributed by atoms with Crippen molar-refractivity contribution in [1.29, 1.82) is 0 Å². The molecule has 10 atom stereocenters. The number of ether oxygens (including phenoxy) is 4. The van der Waals surface area contributed by atoms with Crippen LogP contribution in [0.15, 0.2) is 12.1 Å². The molecule has 0 amide bonds. The maximum Gasteiger partial charge on any atom is 0.338 e. The van der Waals surface area contributed by atoms with E-state index in [1.54, 1.807) is 0 Å². The van der Waals surface area contributed by atoms with E-state index in [4.69, 9.17) is 24.1 Å². The first-order valence-corrected chi connectivity index (χ1v) is 10.0. The number of hydrogen-bond donors (Lipinski definition) is 10. The average Bonchev–Trinajstić information content (AvgIpc) is 2.81. The van der Waals surface area contributed by atoms with Gasteiger partial charge in [0.2, 0.25) is 12.0 Å². The quantitative estimate of drug-likeness (QED) is 0.128. The maximum absolute atomic E-state index is 12.6. The smallest absolute Gasteiger partial charge is 0.338 e. The van der Waals surface area contributed by atoms with E-state index in [1.807, 2.05) is 0 Å². The fourth-order valence-corrected chi connectivity index (χ4v) is 3.47. The van der Waals surface area contributed by atoms with Crippen LogP contribution >= 0.6 is 0 Å². The molecule has 16 heteroatoms. The topological polar surface area (TPSA) is 273 Å². The second-order valence-electron chi connectivity index (χ2n) is 7.79. The molecule has 0 bridgehead atoms. The number of benzene rings is 1. The fraction of sp³-hybridized carbons (Fsp3) is 0.579. The Bertz CT molecular complexity index is 938. The van der Waals surface area contributed by atoms with Crippen LogP contribution in [-0.2, 0) is 19.0 Å². The van der Waals surface area contributed by atoms with Gasteiger partial charge in [-0.15, -0.1) is 0 Å². The lowest BCUT2D eigenvalue weighted by Crippen LogP contribution is -2.61. The number of aliphatic hydroxyl groups excluding tert-OH is 7. The number of rotatable bonds is 6. The van der Waals surface area contributed by atoms with Crippen LogP contribution < -0.4 is 4.74 Å². The van der Waals surface area contributed by atoms with E-state index in [2.05, 4.69) is 0 Å². The molecule has 2 saturated heterocycles. The maximum atomic E-state index is 12.6. The first-order valence-electron chi connectivity index (χ1n) is 10.0. The van der Waals surface area contributed by atoms with Crippen molar-refractivity contribution in [3.05, 3.63) is 17.7 Å². The minimum atomic E-state index is -2.04. The molecule has 16 nitrogen and oxygen atoms in total. The van der Waals surface area contributed by atoms with Gasteiger partial charge in [0.05, 0.1) is 12.2 Å². The Kier molecular flexibility index (Phi) is 8.00. The molecule has 1 aromatic carbocycles. The molecule has 2 aliphatic heterocycles. The van der Waals surface area contributed by atoms with Crippen LogP contribution in [-0.4, -0.2) is 131 Å². The zero-order chi connectivity index (χ0) is 26.2. The minimum absolute atomic E-state index is 0.558. The Morgan fingerprint density at radius 3 is 2.14 bits per heavy atom. The van der Waals surface area contributed by atoms with E-state index >= 15 is 0 Å². The van der Waals surface area contributed by atoms with Gasteiger partial charge in [0.15, 0.2) is 30.0 Å². The van der Waals surface area contributed by atoms with Crippen molar-refractivity contribution in [2.24, 2.45) is 0 Å². The van der Waals surface area contributed by atoms with Crippen molar-refractivity contribution in [3.63, 3.8) is 0 Å². The van der Waals surface area contributed by atoms with Crippen LogP contribution in [0.1, 0.15) is 10.4 Å². The van der Waals surface area contributed by atoms with Crippen LogP contribution in [0.5, 0.6) is 17.2 Å². The number of carbonyl (C=O) groups excluding carboxylic acids is 1. The van der Waals surface area contributed by atoms with E-state index in [9.17, 15) is 55.5 Å². The van der Waals surface area contributed by atoms with Crippen molar-refractivity contribution in [2.75, 3.05) is 6.61 Å². The number of esters is 1. The Morgan fingerprint density at radius 1 is 0.886 bits per heavy atom. The molecule has 0 saturated carbocycles. The molecular formula is C19H24O16. The summed E-state index contributed by atoms with van der Waals surface area (Å²) in [4.78, 5) is 23.8. The molecule has 35 heavy (non-hydrogen) atoms. The van der Waals surface area contributed by atoms with Gasteiger partial charge in [-0.3, -0.25) is 0 Å². The normalized spacial score (nSPS) is 37.5. The third-order valence-corrected chi connectivity index (χ3v) is 5.43. The lowest BCUT2D eigenvalue weighted by Gasteiger charge is -2.39. The standard InChI is InChI=1S/C19H24O16/c20-3-7-9(23)14(13(27)18(31)32-7)34-17(30)4-1-5(21)8(22)6(2-4)33-19-12(26)10(24)11(25)15(35-19)16(28)29/h1-2,7,9-15,18-27,31H,3H2,(H,28,29). The second kappa shape index (κ2) is 10.4. The molecule has 0 aromatic heterocycles. The average molecular weight is 508 g/mol. The number of phenolic OH excluding ortho intramolecular Hbond substituents is 2. The molecule has 0 radical (unpaired) electrons. The van der Waals surface area contributed by atoms with Gasteiger partial charge in [-0.05, 0) is 12.1 Å². The summed E-state index contributed by atoms with van der Waals surface area (Å²) in [6.45, 7) is -0.793. The summed E-state index contributed by atoms with van der Waals surface area (Å²) in [5.74, 6) is -5.75. The molecule has 2 heterocycles. The van der Waals surface area contributed by atoms with Crippen molar-refractivity contribution in [2.45, 2.75) is 61.4 Å². The number of carboxylic acids is 1. The second-order valence-corrected chi connectivity index (χ2v) is 7.79. The van der Waals surface area contributed by atoms with Crippen LogP contribution in [0.3, 0.4) is 0 Å². The van der Waals surface area contributed by atoms with Gasteiger partial charge in [-0.25, -0.2) is 9.59 Å². The Hall–Kier alpha value is -2.80. The predicted octanol–water partition coefficient (Wildman–Crippen LogP) is -4.67. The van der Waals surface area contributed by atoms with E-state index in [0.29, 0.717) is 6.07 Å². The first-order chi connectivity index (χ1) is 16.4. The van der Waals surface area contributed by atoms with Gasteiger partial charge in [0.1, 0.15) is 36.6 Å². The molecule has 0 aliphatic carbocycles. The lowest BCUT2D eigenvalue weighted by atomic mass is 9.99. The number of hydrogen-bond acceptors (Lipinski definition) is 15. The van der Waals surface area contributed by atoms with Crippen molar-refractivity contribution < 1.29 is 79.6 Å². The Morgan fingerprint density at radius 2 is 1.54 bits per heavy atom. The molecule has 10 N–H and O–H groups in total. The van der Waals surface area contributed by atoms with E-state index in [0.717, 1.165) is 6.07 Å². The number of aliphatic hydroxyl groups is 7. The number of carboxylic acid groups (broad SMARTS) is 1. The van der Waals surface area contributed by atoms with E-state index in [-0.39, 0.29) is 0 Å². The largest absolute Gasteiger partial charge is 0.504 e. The summed E-state index contributed by atoms with van der Waals surface area (Å²) in [5.41, 5.74) is -0.558. The van der Waals surface area contributed by atoms with Gasteiger partial charge >= 0.3 is 11.9 Å². The highest BCUT2D eigenvalue weighted by atomic mass is 16.7. The molecule has 0 spiro atoms. The van der Waals surface area contributed by atoms with Gasteiger partial charge in [-0.1, -0.05) is 0 Å². The summed E-state index contributed by atoms with van der Waals surface area (Å²) in [7, 11) is 0. The molecule has 196 valence electrons. The highest BCUT2D eigenvalue weighted by Gasteiger charge is 2.49. The number of aliphatic carboxylic acids is 1. The third kappa shape index (κ3) is 5.25. The van der Waals surface area contributed by atoms with Crippen molar-refractivity contribution in [3.8, 4) is 17.2 Å². The number of carbonyl (C=O) groups is 2. The van der Waals surface area contributed by atoms with Crippen LogP contribution in [0.4, 0.5) is 0 Å². The zero-order valence-electron chi connectivity index (χ0n) is 17.6. The first kappa shape index (κ1) is 26.8. The van der Waals surface area contributed by atoms with Crippen LogP contribution in [0.25, 0.3) is 0 Å². The summed E-state index contributed by atoms with van der Waals surface area (Å²) < 4.78 is 19.8. The van der Waals surface area contributed by atoms with E-state index in [1.165, 1.54) is 0 Å². The Labute approximate surface area is 195 Å². The highest BCUT2D eigenvalue weighted by Crippen LogP contribution is 2.39. The summed E-state index contributed by atoms with van der Waals surface area (Å²) in [6, 6.07) is 1.44. The SMILES string of the molecule is O=C(OC1C(O)C(O)OC(CO)C1O)c1cc(O)c(O)c(OC2OC(C(=O)O)C(O)C(O)C2O)c1. The van der Waals surface area contributed by atoms with Crippen LogP contribution in [0, 0.1) is 0 Å². The zero-order valence-corrected chi connectivity index (χ0v) is 17.6. The minimum Gasteiger partial charge on any atom is -0.504 e. The molecule has 2 aliphatic rings. The summed E-state index contributed by atoms with van der Waals surface area (Å²) >= 11 is 0. The van der Waals surface area contributed by atoms with Crippen LogP contribution in [0.2, 0.25) is 0 Å². The number of aromatic hydroxyl groups is 2. The number of phenols is 2. The highest BCUT2D eigenvalue weighted by molar-refractivity contribution is 5.91.